The van der Waals surface area contributed by atoms with Crippen molar-refractivity contribution in [3.8, 4) is 28.7 Å². The van der Waals surface area contributed by atoms with Crippen molar-refractivity contribution in [3.05, 3.63) is 66.9 Å². The maximum absolute atomic E-state index is 10.7. The molecule has 4 N–H and O–H groups in total. The fourth-order valence-corrected chi connectivity index (χ4v) is 5.28. The van der Waals surface area contributed by atoms with Crippen LogP contribution in [0.3, 0.4) is 0 Å². The van der Waals surface area contributed by atoms with Crippen molar-refractivity contribution in [2.24, 2.45) is 0 Å². The average molecular weight is 589 g/mol. The van der Waals surface area contributed by atoms with Crippen LogP contribution in [0, 0.1) is 0 Å². The molecule has 0 radical (unpaired) electrons. The molecule has 1 saturated heterocycles. The van der Waals surface area contributed by atoms with Crippen LogP contribution in [-0.2, 0) is 4.74 Å². The van der Waals surface area contributed by atoms with Crippen molar-refractivity contribution in [1.29, 1.82) is 0 Å². The summed E-state index contributed by atoms with van der Waals surface area (Å²) in [6.45, 7) is 4.22. The predicted molar refractivity (Wildman–Crippen MR) is 168 cm³/mol. The smallest absolute Gasteiger partial charge is 0.169 e. The molecule has 5 rings (SSSR count). The number of benzene rings is 3. The van der Waals surface area contributed by atoms with Crippen LogP contribution in [0.5, 0.6) is 28.7 Å². The number of fused-ring (bicyclic) bond motifs is 1. The van der Waals surface area contributed by atoms with Crippen molar-refractivity contribution >= 4 is 28.0 Å². The first-order chi connectivity index (χ1) is 20.8. The number of para-hydroxylation sites is 2. The Morgan fingerprint density at radius 3 is 2.51 bits per heavy atom. The number of likely N-dealkylation sites (N-methyl/N-ethyl adjacent to an activating group) is 1. The van der Waals surface area contributed by atoms with Gasteiger partial charge in [-0.1, -0.05) is 12.1 Å². The van der Waals surface area contributed by atoms with Gasteiger partial charge < -0.3 is 39.8 Å². The number of pyridine rings is 1. The molecule has 43 heavy (non-hydrogen) atoms. The summed E-state index contributed by atoms with van der Waals surface area (Å²) in [6, 6.07) is 18.8. The van der Waals surface area contributed by atoms with E-state index in [1.807, 2.05) is 74.6 Å². The summed E-state index contributed by atoms with van der Waals surface area (Å²) >= 11 is 0. The van der Waals surface area contributed by atoms with Gasteiger partial charge in [0, 0.05) is 36.7 Å². The molecule has 3 aromatic carbocycles. The maximum atomic E-state index is 10.7. The molecule has 0 bridgehead atoms. The summed E-state index contributed by atoms with van der Waals surface area (Å²) < 4.78 is 28.8. The van der Waals surface area contributed by atoms with Crippen LogP contribution in [0.1, 0.15) is 19.8 Å². The van der Waals surface area contributed by atoms with Gasteiger partial charge in [0.2, 0.25) is 0 Å². The van der Waals surface area contributed by atoms with Gasteiger partial charge in [-0.2, -0.15) is 0 Å². The number of aliphatic hydroxyl groups is 1. The second kappa shape index (κ2) is 13.4. The molecule has 1 fully saturated rings. The summed E-state index contributed by atoms with van der Waals surface area (Å²) in [5, 5.41) is 15.0. The first kappa shape index (κ1) is 30.2. The summed E-state index contributed by atoms with van der Waals surface area (Å²) in [5.74, 6) is 3.16. The minimum absolute atomic E-state index is 0.0480. The number of methoxy groups -OCH3 is 2. The lowest BCUT2D eigenvalue weighted by Crippen LogP contribution is -2.55. The van der Waals surface area contributed by atoms with Gasteiger partial charge in [0.05, 0.1) is 62.2 Å². The Hall–Kier alpha value is -4.25. The zero-order valence-electron chi connectivity index (χ0n) is 25.1. The normalized spacial score (nSPS) is 18.4. The highest BCUT2D eigenvalue weighted by Crippen LogP contribution is 2.39. The molecule has 4 aromatic rings. The molecule has 2 heterocycles. The largest absolute Gasteiger partial charge is 0.493 e. The minimum atomic E-state index is -0.763. The number of ether oxygens (including phenoxy) is 5. The van der Waals surface area contributed by atoms with E-state index in [1.165, 1.54) is 0 Å². The van der Waals surface area contributed by atoms with Crippen molar-refractivity contribution in [2.45, 2.75) is 31.4 Å². The number of nitrogens with one attached hydrogen (secondary N) is 1. The van der Waals surface area contributed by atoms with Crippen molar-refractivity contribution in [2.75, 3.05) is 58.7 Å². The zero-order chi connectivity index (χ0) is 30.4. The Morgan fingerprint density at radius 2 is 1.79 bits per heavy atom. The SMILES string of the molecule is COc1cc2c(Nc3ccc(Oc4ccccc4OC)cc3)c(N)cnc2cc1OCCCN(C)[C@@H]1COCC[C@@]1(C)O. The highest BCUT2D eigenvalue weighted by Gasteiger charge is 2.37. The molecule has 0 saturated carbocycles. The van der Waals surface area contributed by atoms with Crippen molar-refractivity contribution in [3.63, 3.8) is 0 Å². The van der Waals surface area contributed by atoms with Gasteiger partial charge in [0.1, 0.15) is 5.75 Å². The predicted octanol–water partition coefficient (Wildman–Crippen LogP) is 5.61. The van der Waals surface area contributed by atoms with E-state index >= 15 is 0 Å². The molecule has 0 spiro atoms. The lowest BCUT2D eigenvalue weighted by atomic mass is 9.90. The Labute approximate surface area is 252 Å². The third-order valence-electron chi connectivity index (χ3n) is 7.79. The number of hydrogen-bond donors (Lipinski definition) is 3. The molecule has 0 aliphatic carbocycles. The molecular weight excluding hydrogens is 548 g/mol. The Balaban J connectivity index is 1.26. The Kier molecular flexibility index (Phi) is 9.40. The third-order valence-corrected chi connectivity index (χ3v) is 7.79. The Bertz CT molecular complexity index is 1530. The van der Waals surface area contributed by atoms with Crippen LogP contribution < -0.4 is 30.0 Å². The maximum Gasteiger partial charge on any atom is 0.169 e. The molecule has 2 atom stereocenters. The topological polar surface area (TPSA) is 121 Å². The lowest BCUT2D eigenvalue weighted by molar-refractivity contribution is -0.114. The van der Waals surface area contributed by atoms with Gasteiger partial charge in [0.15, 0.2) is 23.0 Å². The van der Waals surface area contributed by atoms with Crippen LogP contribution in [0.25, 0.3) is 10.9 Å². The number of nitrogens with zero attached hydrogens (tertiary/aromatic N) is 2. The second-order valence-corrected chi connectivity index (χ2v) is 10.9. The van der Waals surface area contributed by atoms with E-state index in [0.717, 1.165) is 35.2 Å². The summed E-state index contributed by atoms with van der Waals surface area (Å²) in [4.78, 5) is 6.69. The number of anilines is 3. The molecule has 0 unspecified atom stereocenters. The van der Waals surface area contributed by atoms with Gasteiger partial charge in [-0.25, -0.2) is 0 Å². The van der Waals surface area contributed by atoms with Gasteiger partial charge in [-0.05, 0) is 62.9 Å². The fraction of sp³-hybridized carbons (Fsp3) is 0.364. The van der Waals surface area contributed by atoms with Crippen LogP contribution in [0.4, 0.5) is 17.1 Å². The van der Waals surface area contributed by atoms with E-state index < -0.39 is 5.60 Å². The second-order valence-electron chi connectivity index (χ2n) is 10.9. The minimum Gasteiger partial charge on any atom is -0.493 e. The number of hydrogen-bond acceptors (Lipinski definition) is 10. The molecule has 1 aliphatic rings. The van der Waals surface area contributed by atoms with Gasteiger partial charge in [-0.3, -0.25) is 9.88 Å². The molecule has 228 valence electrons. The van der Waals surface area contributed by atoms with Crippen LogP contribution >= 0.6 is 0 Å². The third kappa shape index (κ3) is 7.05. The summed E-state index contributed by atoms with van der Waals surface area (Å²) in [5.41, 5.74) is 8.38. The van der Waals surface area contributed by atoms with Gasteiger partial charge in [-0.15, -0.1) is 0 Å². The van der Waals surface area contributed by atoms with E-state index in [2.05, 4.69) is 15.2 Å². The Morgan fingerprint density at radius 1 is 1.05 bits per heavy atom. The number of aromatic nitrogens is 1. The average Bonchev–Trinajstić information content (AvgIpc) is 3.01. The summed E-state index contributed by atoms with van der Waals surface area (Å²) in [6.07, 6.45) is 3.03. The van der Waals surface area contributed by atoms with Crippen molar-refractivity contribution < 1.29 is 28.8 Å². The highest BCUT2D eigenvalue weighted by atomic mass is 16.5. The van der Waals surface area contributed by atoms with E-state index in [0.29, 0.717) is 60.7 Å². The monoisotopic (exact) mass is 588 g/mol. The molecule has 1 aromatic heterocycles. The van der Waals surface area contributed by atoms with Gasteiger partial charge in [0.25, 0.3) is 0 Å². The van der Waals surface area contributed by atoms with E-state index in [-0.39, 0.29) is 6.04 Å². The number of rotatable bonds is 12. The molecule has 10 nitrogen and oxygen atoms in total. The summed E-state index contributed by atoms with van der Waals surface area (Å²) in [7, 11) is 5.23. The fourth-order valence-electron chi connectivity index (χ4n) is 5.28. The van der Waals surface area contributed by atoms with Crippen molar-refractivity contribution in [1.82, 2.24) is 9.88 Å². The standard InChI is InChI=1S/C33H40N4O6/c1-33(38)14-17-41-21-31(33)37(2)15-7-16-42-30-19-26-24(18-29(30)40-4)32(25(34)20-35-26)36-22-10-12-23(13-11-22)43-28-9-6-5-8-27(28)39-3/h5-6,8-13,18-20,31,38H,7,14-17,21,34H2,1-4H3,(H,35,36)/t31-,33-/m1/s1. The first-order valence-electron chi connectivity index (χ1n) is 14.4. The van der Waals surface area contributed by atoms with E-state index in [1.54, 1.807) is 20.4 Å². The lowest BCUT2D eigenvalue weighted by Gasteiger charge is -2.42. The van der Waals surface area contributed by atoms with Crippen LogP contribution in [0.2, 0.25) is 0 Å². The quantitative estimate of drug-likeness (QED) is 0.180. The van der Waals surface area contributed by atoms with E-state index in [4.69, 9.17) is 29.4 Å². The van der Waals surface area contributed by atoms with Crippen LogP contribution in [0.15, 0.2) is 66.9 Å². The molecule has 10 heteroatoms. The number of nitrogen functional groups attached to an aromatic ring is 1. The molecule has 1 aliphatic heterocycles. The van der Waals surface area contributed by atoms with Crippen LogP contribution in [-0.4, -0.2) is 74.3 Å². The highest BCUT2D eigenvalue weighted by molar-refractivity contribution is 6.00. The van der Waals surface area contributed by atoms with E-state index in [9.17, 15) is 5.11 Å². The molecular formula is C33H40N4O6. The first-order valence-corrected chi connectivity index (χ1v) is 14.4. The van der Waals surface area contributed by atoms with Gasteiger partial charge >= 0.3 is 0 Å². The molecule has 0 amide bonds. The zero-order valence-corrected chi connectivity index (χ0v) is 25.1. The number of nitrogens with two attached hydrogens (primary N) is 1.